The minimum Gasteiger partial charge on any atom is -0.504 e. The molecule has 0 radical (unpaired) electrons. The summed E-state index contributed by atoms with van der Waals surface area (Å²) in [7, 11) is 0. The molecule has 1 N–H and O–H groups in total. The first kappa shape index (κ1) is 13.0. The van der Waals surface area contributed by atoms with E-state index in [-0.39, 0.29) is 11.2 Å². The van der Waals surface area contributed by atoms with Crippen molar-refractivity contribution >= 4 is 28.0 Å². The monoisotopic (exact) mass is 294 g/mol. The van der Waals surface area contributed by atoms with Gasteiger partial charge in [0.25, 0.3) is 0 Å². The van der Waals surface area contributed by atoms with Gasteiger partial charge in [0.15, 0.2) is 11.5 Å². The Hall–Kier alpha value is -2.75. The Labute approximate surface area is 126 Å². The molecular formula is C18H14O4. The van der Waals surface area contributed by atoms with Crippen LogP contribution in [0.1, 0.15) is 19.4 Å². The maximum atomic E-state index is 12.6. The normalized spacial score (nSPS) is 15.7. The summed E-state index contributed by atoms with van der Waals surface area (Å²) in [5, 5.41) is 11.1. The molecule has 0 saturated carbocycles. The summed E-state index contributed by atoms with van der Waals surface area (Å²) in [6.07, 6.45) is 3.71. The molecule has 0 unspecified atom stereocenters. The Morgan fingerprint density at radius 3 is 2.73 bits per heavy atom. The second kappa shape index (κ2) is 4.13. The molecule has 0 atom stereocenters. The molecule has 110 valence electrons. The zero-order chi connectivity index (χ0) is 15.5. The quantitative estimate of drug-likeness (QED) is 0.640. The van der Waals surface area contributed by atoms with Gasteiger partial charge in [-0.1, -0.05) is 12.1 Å². The molecule has 4 heteroatoms. The highest BCUT2D eigenvalue weighted by atomic mass is 16.5. The molecule has 0 saturated heterocycles. The lowest BCUT2D eigenvalue weighted by Gasteiger charge is -2.28. The van der Waals surface area contributed by atoms with Crippen LogP contribution in [0.3, 0.4) is 0 Å². The number of phenolic OH excluding ortho intramolecular Hbond substituents is 1. The van der Waals surface area contributed by atoms with E-state index in [4.69, 9.17) is 9.15 Å². The van der Waals surface area contributed by atoms with Crippen LogP contribution in [0.15, 0.2) is 45.6 Å². The third kappa shape index (κ3) is 1.73. The van der Waals surface area contributed by atoms with Gasteiger partial charge in [-0.3, -0.25) is 4.79 Å². The third-order valence-electron chi connectivity index (χ3n) is 3.85. The Morgan fingerprint density at radius 2 is 1.91 bits per heavy atom. The van der Waals surface area contributed by atoms with Gasteiger partial charge < -0.3 is 14.3 Å². The lowest BCUT2D eigenvalue weighted by molar-refractivity contribution is 0.153. The zero-order valence-corrected chi connectivity index (χ0v) is 12.2. The van der Waals surface area contributed by atoms with E-state index < -0.39 is 5.60 Å². The Morgan fingerprint density at radius 1 is 1.14 bits per heavy atom. The smallest absolute Gasteiger partial charge is 0.200 e. The number of rotatable bonds is 0. The molecule has 0 spiro atoms. The van der Waals surface area contributed by atoms with E-state index in [1.165, 1.54) is 6.07 Å². The lowest BCUT2D eigenvalue weighted by Crippen LogP contribution is -2.27. The van der Waals surface area contributed by atoms with Crippen LogP contribution in [-0.4, -0.2) is 10.7 Å². The predicted molar refractivity (Wildman–Crippen MR) is 85.4 cm³/mol. The average Bonchev–Trinajstić information content (AvgIpc) is 2.48. The van der Waals surface area contributed by atoms with Gasteiger partial charge in [0.1, 0.15) is 16.8 Å². The maximum absolute atomic E-state index is 12.6. The Balaban J connectivity index is 2.18. The minimum atomic E-state index is -0.519. The van der Waals surface area contributed by atoms with Crippen molar-refractivity contribution < 1.29 is 14.3 Å². The number of para-hydroxylation sites is 1. The zero-order valence-electron chi connectivity index (χ0n) is 12.2. The average molecular weight is 294 g/mol. The van der Waals surface area contributed by atoms with Crippen molar-refractivity contribution in [3.8, 4) is 11.5 Å². The fraction of sp³-hybridized carbons (Fsp3) is 0.167. The van der Waals surface area contributed by atoms with E-state index in [2.05, 4.69) is 0 Å². The van der Waals surface area contributed by atoms with Crippen LogP contribution < -0.4 is 10.2 Å². The van der Waals surface area contributed by atoms with E-state index in [0.717, 1.165) is 0 Å². The van der Waals surface area contributed by atoms with Crippen LogP contribution in [0.5, 0.6) is 11.5 Å². The standard InChI is InChI=1S/C18H14O4/c1-18(2)8-7-11-16-12(9-13(19)17(11)22-18)15(20)10-5-3-4-6-14(10)21-16/h3-9,19H,1-2H3. The van der Waals surface area contributed by atoms with E-state index in [0.29, 0.717) is 33.3 Å². The number of hydrogen-bond acceptors (Lipinski definition) is 4. The summed E-state index contributed by atoms with van der Waals surface area (Å²) >= 11 is 0. The summed E-state index contributed by atoms with van der Waals surface area (Å²) in [6.45, 7) is 3.79. The van der Waals surface area contributed by atoms with E-state index >= 15 is 0 Å². The molecule has 1 aromatic heterocycles. The molecular weight excluding hydrogens is 280 g/mol. The second-order valence-corrected chi connectivity index (χ2v) is 5.98. The summed E-state index contributed by atoms with van der Waals surface area (Å²) in [6, 6.07) is 8.50. The van der Waals surface area contributed by atoms with Crippen LogP contribution in [0.4, 0.5) is 0 Å². The first-order chi connectivity index (χ1) is 10.5. The first-order valence-electron chi connectivity index (χ1n) is 7.06. The number of ether oxygens (including phenoxy) is 1. The third-order valence-corrected chi connectivity index (χ3v) is 3.85. The van der Waals surface area contributed by atoms with Crippen molar-refractivity contribution in [3.63, 3.8) is 0 Å². The molecule has 4 nitrogen and oxygen atoms in total. The molecule has 0 amide bonds. The second-order valence-electron chi connectivity index (χ2n) is 5.98. The fourth-order valence-electron chi connectivity index (χ4n) is 2.77. The minimum absolute atomic E-state index is 0.0532. The van der Waals surface area contributed by atoms with Gasteiger partial charge in [0.05, 0.1) is 16.3 Å². The molecule has 3 aromatic rings. The van der Waals surface area contributed by atoms with E-state index in [1.54, 1.807) is 18.2 Å². The summed E-state index contributed by atoms with van der Waals surface area (Å²) in [5.41, 5.74) is 0.870. The number of aromatic hydroxyl groups is 1. The summed E-state index contributed by atoms with van der Waals surface area (Å²) in [4.78, 5) is 12.6. The molecule has 4 rings (SSSR count). The van der Waals surface area contributed by atoms with Gasteiger partial charge in [-0.05, 0) is 44.2 Å². The van der Waals surface area contributed by atoms with Crippen LogP contribution >= 0.6 is 0 Å². The number of fused-ring (bicyclic) bond motifs is 4. The van der Waals surface area contributed by atoms with Crippen LogP contribution in [0.25, 0.3) is 28.0 Å². The molecule has 1 aliphatic rings. The molecule has 0 aliphatic carbocycles. The number of hydrogen-bond donors (Lipinski definition) is 1. The van der Waals surface area contributed by atoms with Gasteiger partial charge in [-0.15, -0.1) is 0 Å². The highest BCUT2D eigenvalue weighted by Crippen LogP contribution is 2.42. The van der Waals surface area contributed by atoms with Crippen LogP contribution in [0.2, 0.25) is 0 Å². The van der Waals surface area contributed by atoms with Crippen molar-refractivity contribution in [2.24, 2.45) is 0 Å². The van der Waals surface area contributed by atoms with Gasteiger partial charge in [0.2, 0.25) is 5.43 Å². The Kier molecular flexibility index (Phi) is 2.43. The van der Waals surface area contributed by atoms with Crippen LogP contribution in [0, 0.1) is 0 Å². The Bertz CT molecular complexity index is 1010. The van der Waals surface area contributed by atoms with E-state index in [1.807, 2.05) is 32.1 Å². The molecule has 0 fully saturated rings. The van der Waals surface area contributed by atoms with Crippen molar-refractivity contribution in [1.82, 2.24) is 0 Å². The molecule has 1 aliphatic heterocycles. The van der Waals surface area contributed by atoms with Gasteiger partial charge in [-0.25, -0.2) is 0 Å². The largest absolute Gasteiger partial charge is 0.504 e. The van der Waals surface area contributed by atoms with E-state index in [9.17, 15) is 9.90 Å². The predicted octanol–water partition coefficient (Wildman–Crippen LogP) is 3.84. The molecule has 22 heavy (non-hydrogen) atoms. The lowest BCUT2D eigenvalue weighted by atomic mass is 9.99. The highest BCUT2D eigenvalue weighted by molar-refractivity contribution is 5.97. The van der Waals surface area contributed by atoms with Crippen molar-refractivity contribution in [1.29, 1.82) is 0 Å². The van der Waals surface area contributed by atoms with Gasteiger partial charge in [0, 0.05) is 0 Å². The number of benzene rings is 2. The summed E-state index contributed by atoms with van der Waals surface area (Å²) in [5.74, 6) is 0.293. The summed E-state index contributed by atoms with van der Waals surface area (Å²) < 4.78 is 11.7. The first-order valence-corrected chi connectivity index (χ1v) is 7.06. The maximum Gasteiger partial charge on any atom is 0.200 e. The van der Waals surface area contributed by atoms with Crippen molar-refractivity contribution in [2.75, 3.05) is 0 Å². The van der Waals surface area contributed by atoms with Crippen molar-refractivity contribution in [2.45, 2.75) is 19.4 Å². The molecule has 0 bridgehead atoms. The van der Waals surface area contributed by atoms with Gasteiger partial charge in [-0.2, -0.15) is 0 Å². The number of phenols is 1. The topological polar surface area (TPSA) is 59.7 Å². The molecule has 2 aromatic carbocycles. The SMILES string of the molecule is CC1(C)C=Cc2c(c(O)cc3c(=O)c4ccccc4oc23)O1. The van der Waals surface area contributed by atoms with Crippen LogP contribution in [-0.2, 0) is 0 Å². The fourth-order valence-corrected chi connectivity index (χ4v) is 2.77. The molecule has 2 heterocycles. The van der Waals surface area contributed by atoms with Gasteiger partial charge >= 0.3 is 0 Å². The highest BCUT2D eigenvalue weighted by Gasteiger charge is 2.27. The van der Waals surface area contributed by atoms with Crippen molar-refractivity contribution in [3.05, 3.63) is 52.2 Å².